The second-order valence-electron chi connectivity index (χ2n) is 7.94. The van der Waals surface area contributed by atoms with Gasteiger partial charge in [-0.15, -0.1) is 10.2 Å². The summed E-state index contributed by atoms with van der Waals surface area (Å²) in [7, 11) is 0. The number of hydrogen-bond donors (Lipinski definition) is 0. The van der Waals surface area contributed by atoms with Crippen molar-refractivity contribution in [3.8, 4) is 0 Å². The fourth-order valence-electron chi connectivity index (χ4n) is 3.78. The molecule has 174 valence electrons. The molecule has 12 heteroatoms. The molecule has 1 fully saturated rings. The Kier molecular flexibility index (Phi) is 6.25. The van der Waals surface area contributed by atoms with E-state index in [0.29, 0.717) is 35.9 Å². The van der Waals surface area contributed by atoms with Crippen molar-refractivity contribution < 1.29 is 18.0 Å². The van der Waals surface area contributed by atoms with Crippen LogP contribution in [0, 0.1) is 13.8 Å². The molecule has 2 aromatic heterocycles. The molecule has 0 radical (unpaired) electrons. The Balaban J connectivity index is 1.46. The number of amides is 1. The van der Waals surface area contributed by atoms with E-state index in [9.17, 15) is 18.0 Å². The number of rotatable bonds is 5. The van der Waals surface area contributed by atoms with Crippen LogP contribution in [-0.2, 0) is 17.5 Å². The van der Waals surface area contributed by atoms with E-state index in [0.717, 1.165) is 25.0 Å². The minimum absolute atomic E-state index is 0.00133. The van der Waals surface area contributed by atoms with Crippen molar-refractivity contribution in [2.45, 2.75) is 45.5 Å². The Morgan fingerprint density at radius 3 is 2.52 bits per heavy atom. The van der Waals surface area contributed by atoms with E-state index in [2.05, 4.69) is 25.5 Å². The van der Waals surface area contributed by atoms with Crippen LogP contribution in [0.2, 0.25) is 0 Å². The lowest BCUT2D eigenvalue weighted by atomic mass is 10.0. The first-order valence-electron chi connectivity index (χ1n) is 10.5. The van der Waals surface area contributed by atoms with E-state index in [1.165, 1.54) is 23.0 Å². The van der Waals surface area contributed by atoms with Crippen LogP contribution in [-0.4, -0.2) is 58.9 Å². The number of carbonyl (C=O) groups excluding carboxylic acids is 1. The number of tetrazole rings is 1. The number of aryl methyl sites for hydroxylation is 2. The zero-order valence-electron chi connectivity index (χ0n) is 18.2. The molecule has 9 nitrogen and oxygen atoms in total. The first-order valence-corrected chi connectivity index (χ1v) is 10.5. The molecule has 1 aromatic carbocycles. The van der Waals surface area contributed by atoms with Gasteiger partial charge in [0.2, 0.25) is 5.91 Å². The fraction of sp³-hybridized carbons (Fsp3) is 0.429. The van der Waals surface area contributed by atoms with Crippen LogP contribution in [0.25, 0.3) is 6.08 Å². The van der Waals surface area contributed by atoms with Crippen LogP contribution < -0.4 is 0 Å². The molecule has 0 aliphatic carbocycles. The maximum Gasteiger partial charge on any atom is 0.416 e. The van der Waals surface area contributed by atoms with Gasteiger partial charge in [-0.25, -0.2) is 9.67 Å². The highest BCUT2D eigenvalue weighted by Gasteiger charge is 2.31. The number of carbonyl (C=O) groups is 1. The van der Waals surface area contributed by atoms with Gasteiger partial charge in [0.25, 0.3) is 0 Å². The molecule has 0 saturated carbocycles. The van der Waals surface area contributed by atoms with Crippen molar-refractivity contribution >= 4 is 12.0 Å². The highest BCUT2D eigenvalue weighted by atomic mass is 19.4. The van der Waals surface area contributed by atoms with E-state index in [4.69, 9.17) is 0 Å². The van der Waals surface area contributed by atoms with Gasteiger partial charge in [0.1, 0.15) is 12.2 Å². The van der Waals surface area contributed by atoms with Gasteiger partial charge in [0.15, 0.2) is 5.82 Å². The number of piperidine rings is 1. The Morgan fingerprint density at radius 2 is 1.91 bits per heavy atom. The van der Waals surface area contributed by atoms with Crippen LogP contribution in [0.4, 0.5) is 13.2 Å². The molecule has 1 aliphatic heterocycles. The average Bonchev–Trinajstić information content (AvgIpc) is 3.40. The summed E-state index contributed by atoms with van der Waals surface area (Å²) in [5, 5.41) is 16.0. The van der Waals surface area contributed by atoms with E-state index >= 15 is 0 Å². The Hall–Kier alpha value is -3.57. The predicted octanol–water partition coefficient (Wildman–Crippen LogP) is 2.83. The van der Waals surface area contributed by atoms with Crippen molar-refractivity contribution in [1.82, 2.24) is 39.9 Å². The normalized spacial score (nSPS) is 15.5. The highest BCUT2D eigenvalue weighted by Crippen LogP contribution is 2.31. The summed E-state index contributed by atoms with van der Waals surface area (Å²) in [5.74, 6) is 0.933. The zero-order chi connectivity index (χ0) is 23.6. The maximum absolute atomic E-state index is 13.2. The molecule has 0 unspecified atom stereocenters. The van der Waals surface area contributed by atoms with Gasteiger partial charge >= 0.3 is 6.18 Å². The van der Waals surface area contributed by atoms with Gasteiger partial charge in [0.05, 0.1) is 18.2 Å². The van der Waals surface area contributed by atoms with Gasteiger partial charge in [-0.05, 0) is 61.2 Å². The highest BCUT2D eigenvalue weighted by molar-refractivity contribution is 5.92. The first kappa shape index (κ1) is 22.6. The monoisotopic (exact) mass is 460 g/mol. The van der Waals surface area contributed by atoms with E-state index in [-0.39, 0.29) is 18.5 Å². The molecule has 0 N–H and O–H groups in total. The van der Waals surface area contributed by atoms with Crippen molar-refractivity contribution in [3.05, 3.63) is 58.9 Å². The minimum Gasteiger partial charge on any atom is -0.339 e. The Bertz CT molecular complexity index is 1160. The van der Waals surface area contributed by atoms with E-state index in [1.54, 1.807) is 18.2 Å². The third kappa shape index (κ3) is 5.44. The molecular formula is C21H23F3N8O. The van der Waals surface area contributed by atoms with E-state index in [1.807, 2.05) is 11.6 Å². The second-order valence-corrected chi connectivity index (χ2v) is 7.94. The molecule has 0 bridgehead atoms. The lowest BCUT2D eigenvalue weighted by molar-refractivity contribution is -0.137. The molecular weight excluding hydrogens is 437 g/mol. The molecule has 1 amide bonds. The number of benzene rings is 1. The molecule has 0 spiro atoms. The third-order valence-electron chi connectivity index (χ3n) is 5.51. The maximum atomic E-state index is 13.2. The fourth-order valence-corrected chi connectivity index (χ4v) is 3.78. The van der Waals surface area contributed by atoms with Gasteiger partial charge in [0, 0.05) is 19.2 Å². The third-order valence-corrected chi connectivity index (χ3v) is 5.51. The van der Waals surface area contributed by atoms with Crippen LogP contribution in [0.1, 0.15) is 47.2 Å². The molecule has 3 heterocycles. The standard InChI is InChI=1S/C21H23F3N8O/c1-14-25-13-31(27-14)19-7-9-30(10-8-19)20(33)6-4-16-3-5-18(21(22,23)24)11-17(16)12-32-28-15(2)26-29-32/h3-6,11,13,19H,7-10,12H2,1-2H3. The largest absolute Gasteiger partial charge is 0.416 e. The number of aromatic nitrogens is 7. The van der Waals surface area contributed by atoms with Crippen molar-refractivity contribution in [3.63, 3.8) is 0 Å². The summed E-state index contributed by atoms with van der Waals surface area (Å²) in [6.07, 6.45) is 1.66. The second kappa shape index (κ2) is 9.12. The molecule has 33 heavy (non-hydrogen) atoms. The van der Waals surface area contributed by atoms with Gasteiger partial charge in [-0.3, -0.25) is 4.79 Å². The van der Waals surface area contributed by atoms with Crippen molar-refractivity contribution in [2.24, 2.45) is 0 Å². The first-order chi connectivity index (χ1) is 15.7. The van der Waals surface area contributed by atoms with Crippen LogP contribution >= 0.6 is 0 Å². The molecule has 3 aromatic rings. The lowest BCUT2D eigenvalue weighted by Gasteiger charge is -2.31. The quantitative estimate of drug-likeness (QED) is 0.544. The number of likely N-dealkylation sites (tertiary alicyclic amines) is 1. The van der Waals surface area contributed by atoms with Crippen molar-refractivity contribution in [2.75, 3.05) is 13.1 Å². The number of halogens is 3. The summed E-state index contributed by atoms with van der Waals surface area (Å²) < 4.78 is 41.5. The average molecular weight is 460 g/mol. The summed E-state index contributed by atoms with van der Waals surface area (Å²) in [4.78, 5) is 19.8. The zero-order valence-corrected chi connectivity index (χ0v) is 18.2. The minimum atomic E-state index is -4.48. The van der Waals surface area contributed by atoms with Crippen molar-refractivity contribution in [1.29, 1.82) is 0 Å². The lowest BCUT2D eigenvalue weighted by Crippen LogP contribution is -2.38. The number of nitrogens with zero attached hydrogens (tertiary/aromatic N) is 8. The van der Waals surface area contributed by atoms with Crippen LogP contribution in [0.3, 0.4) is 0 Å². The smallest absolute Gasteiger partial charge is 0.339 e. The number of hydrogen-bond acceptors (Lipinski definition) is 6. The number of alkyl halides is 3. The van der Waals surface area contributed by atoms with Gasteiger partial charge < -0.3 is 4.90 Å². The Labute approximate surface area is 187 Å². The van der Waals surface area contributed by atoms with Crippen LogP contribution in [0.15, 0.2) is 30.6 Å². The van der Waals surface area contributed by atoms with Gasteiger partial charge in [-0.1, -0.05) is 6.07 Å². The summed E-state index contributed by atoms with van der Waals surface area (Å²) in [6.45, 7) is 4.60. The summed E-state index contributed by atoms with van der Waals surface area (Å²) >= 11 is 0. The summed E-state index contributed by atoms with van der Waals surface area (Å²) in [6, 6.07) is 3.60. The SMILES string of the molecule is Cc1ncn(C2CCN(C(=O)C=Cc3ccc(C(F)(F)F)cc3Cn3nnc(C)n3)CC2)n1. The summed E-state index contributed by atoms with van der Waals surface area (Å²) in [5.41, 5.74) is 0.0500. The molecule has 4 rings (SSSR count). The predicted molar refractivity (Wildman–Crippen MR) is 112 cm³/mol. The molecule has 1 aliphatic rings. The van der Waals surface area contributed by atoms with E-state index < -0.39 is 11.7 Å². The van der Waals surface area contributed by atoms with Crippen LogP contribution in [0.5, 0.6) is 0 Å². The molecule has 0 atom stereocenters. The van der Waals surface area contributed by atoms with Gasteiger partial charge in [-0.2, -0.15) is 23.1 Å². The Morgan fingerprint density at radius 1 is 1.15 bits per heavy atom. The molecule has 1 saturated heterocycles. The topological polar surface area (TPSA) is 94.6 Å².